The number of methoxy groups -OCH3 is 1. The molecule has 1 aromatic heterocycles. The van der Waals surface area contributed by atoms with Crippen molar-refractivity contribution < 1.29 is 13.2 Å². The number of rotatable bonds is 4. The van der Waals surface area contributed by atoms with Crippen molar-refractivity contribution in [2.75, 3.05) is 17.6 Å². The van der Waals surface area contributed by atoms with Crippen molar-refractivity contribution in [1.29, 1.82) is 0 Å². The Labute approximate surface area is 117 Å². The van der Waals surface area contributed by atoms with Crippen molar-refractivity contribution in [1.82, 2.24) is 9.78 Å². The zero-order valence-electron chi connectivity index (χ0n) is 11.4. The first kappa shape index (κ1) is 14.2. The number of sulfonamides is 1. The highest BCUT2D eigenvalue weighted by Crippen LogP contribution is 2.28. The van der Waals surface area contributed by atoms with Gasteiger partial charge in [0.2, 0.25) is 0 Å². The molecule has 0 saturated heterocycles. The van der Waals surface area contributed by atoms with E-state index in [4.69, 9.17) is 10.5 Å². The van der Waals surface area contributed by atoms with Crippen molar-refractivity contribution in [3.63, 3.8) is 0 Å². The Kier molecular flexibility index (Phi) is 3.58. The first-order valence-electron chi connectivity index (χ1n) is 5.80. The Morgan fingerprint density at radius 2 is 2.10 bits per heavy atom. The first-order valence-corrected chi connectivity index (χ1v) is 7.28. The summed E-state index contributed by atoms with van der Waals surface area (Å²) in [6.07, 6.45) is 1.59. The zero-order valence-corrected chi connectivity index (χ0v) is 12.2. The number of nitrogens with zero attached hydrogens (tertiary/aromatic N) is 2. The van der Waals surface area contributed by atoms with E-state index in [0.29, 0.717) is 17.1 Å². The van der Waals surface area contributed by atoms with Gasteiger partial charge in [-0.05, 0) is 19.1 Å². The van der Waals surface area contributed by atoms with Crippen molar-refractivity contribution in [3.05, 3.63) is 30.1 Å². The topological polar surface area (TPSA) is 99.2 Å². The molecular formula is C12H16N4O3S. The normalized spacial score (nSPS) is 11.3. The van der Waals surface area contributed by atoms with E-state index in [1.165, 1.54) is 30.0 Å². The van der Waals surface area contributed by atoms with Crippen LogP contribution in [0.4, 0.5) is 11.4 Å². The van der Waals surface area contributed by atoms with Gasteiger partial charge in [-0.3, -0.25) is 9.40 Å². The lowest BCUT2D eigenvalue weighted by Gasteiger charge is -2.11. The quantitative estimate of drug-likeness (QED) is 0.824. The van der Waals surface area contributed by atoms with Gasteiger partial charge in [0.1, 0.15) is 10.6 Å². The Morgan fingerprint density at radius 1 is 1.40 bits per heavy atom. The minimum absolute atomic E-state index is 0.0254. The van der Waals surface area contributed by atoms with Gasteiger partial charge in [0.25, 0.3) is 10.0 Å². The molecule has 2 rings (SSSR count). The molecule has 0 aliphatic rings. The molecule has 0 bridgehead atoms. The standard InChI is InChI=1S/C12H16N4O3S/c1-8-10(7-16(2)14-8)15-20(17,18)12-5-4-9(13)6-11(12)19-3/h4-7,15H,13H2,1-3H3. The van der Waals surface area contributed by atoms with Gasteiger partial charge in [-0.2, -0.15) is 5.10 Å². The van der Waals surface area contributed by atoms with Gasteiger partial charge in [0.15, 0.2) is 0 Å². The molecule has 1 heterocycles. The van der Waals surface area contributed by atoms with Crippen LogP contribution < -0.4 is 15.2 Å². The maximum Gasteiger partial charge on any atom is 0.265 e. The average Bonchev–Trinajstić information content (AvgIpc) is 2.66. The number of nitrogen functional groups attached to an aromatic ring is 1. The summed E-state index contributed by atoms with van der Waals surface area (Å²) in [5, 5.41) is 4.08. The van der Waals surface area contributed by atoms with E-state index in [-0.39, 0.29) is 10.6 Å². The SMILES string of the molecule is COc1cc(N)ccc1S(=O)(=O)Nc1cn(C)nc1C. The lowest BCUT2D eigenvalue weighted by molar-refractivity contribution is 0.403. The number of hydrogen-bond acceptors (Lipinski definition) is 5. The zero-order chi connectivity index (χ0) is 14.9. The van der Waals surface area contributed by atoms with E-state index < -0.39 is 10.0 Å². The fourth-order valence-corrected chi connectivity index (χ4v) is 3.06. The fraction of sp³-hybridized carbons (Fsp3) is 0.250. The Morgan fingerprint density at radius 3 is 2.65 bits per heavy atom. The van der Waals surface area contributed by atoms with E-state index in [1.807, 2.05) is 0 Å². The van der Waals surface area contributed by atoms with Crippen LogP contribution in [0.3, 0.4) is 0 Å². The smallest absolute Gasteiger partial charge is 0.265 e. The monoisotopic (exact) mass is 296 g/mol. The van der Waals surface area contributed by atoms with Gasteiger partial charge in [0.05, 0.1) is 18.5 Å². The molecule has 8 heteroatoms. The molecule has 0 aliphatic carbocycles. The molecule has 0 atom stereocenters. The van der Waals surface area contributed by atoms with Gasteiger partial charge in [-0.25, -0.2) is 8.42 Å². The second kappa shape index (κ2) is 5.04. The van der Waals surface area contributed by atoms with Gasteiger partial charge in [0, 0.05) is 25.0 Å². The summed E-state index contributed by atoms with van der Waals surface area (Å²) in [4.78, 5) is 0.0254. The van der Waals surface area contributed by atoms with Gasteiger partial charge in [-0.15, -0.1) is 0 Å². The summed E-state index contributed by atoms with van der Waals surface area (Å²) in [7, 11) is -0.657. The highest BCUT2D eigenvalue weighted by molar-refractivity contribution is 7.92. The van der Waals surface area contributed by atoms with Gasteiger partial charge < -0.3 is 10.5 Å². The highest BCUT2D eigenvalue weighted by atomic mass is 32.2. The number of anilines is 2. The van der Waals surface area contributed by atoms with E-state index in [0.717, 1.165) is 0 Å². The molecule has 0 saturated carbocycles. The third-order valence-corrected chi connectivity index (χ3v) is 4.14. The number of benzene rings is 1. The van der Waals surface area contributed by atoms with Crippen LogP contribution >= 0.6 is 0 Å². The first-order chi connectivity index (χ1) is 9.33. The summed E-state index contributed by atoms with van der Waals surface area (Å²) in [5.41, 5.74) is 7.06. The van der Waals surface area contributed by atoms with E-state index in [9.17, 15) is 8.42 Å². The van der Waals surface area contributed by atoms with Crippen LogP contribution in [0.5, 0.6) is 5.75 Å². The maximum atomic E-state index is 12.4. The summed E-state index contributed by atoms with van der Waals surface area (Å²) >= 11 is 0. The summed E-state index contributed by atoms with van der Waals surface area (Å²) < 4.78 is 33.9. The lowest BCUT2D eigenvalue weighted by Crippen LogP contribution is -2.14. The largest absolute Gasteiger partial charge is 0.495 e. The molecule has 0 unspecified atom stereocenters. The summed E-state index contributed by atoms with van der Waals surface area (Å²) in [6.45, 7) is 1.72. The molecular weight excluding hydrogens is 280 g/mol. The Bertz CT molecular complexity index is 737. The molecule has 0 fully saturated rings. The third-order valence-electron chi connectivity index (χ3n) is 2.73. The van der Waals surface area contributed by atoms with Crippen LogP contribution in [0.2, 0.25) is 0 Å². The summed E-state index contributed by atoms with van der Waals surface area (Å²) in [6, 6.07) is 4.38. The molecule has 0 amide bonds. The van der Waals surface area contributed by atoms with Crippen molar-refractivity contribution in [2.45, 2.75) is 11.8 Å². The van der Waals surface area contributed by atoms with Crippen LogP contribution in [-0.4, -0.2) is 25.3 Å². The number of nitrogens with two attached hydrogens (primary N) is 1. The van der Waals surface area contributed by atoms with Crippen LogP contribution in [0.1, 0.15) is 5.69 Å². The van der Waals surface area contributed by atoms with Crippen molar-refractivity contribution >= 4 is 21.4 Å². The Hall–Kier alpha value is -2.22. The van der Waals surface area contributed by atoms with Crippen LogP contribution in [0, 0.1) is 6.92 Å². The van der Waals surface area contributed by atoms with Gasteiger partial charge >= 0.3 is 0 Å². The van der Waals surface area contributed by atoms with E-state index in [1.54, 1.807) is 20.2 Å². The fourth-order valence-electron chi connectivity index (χ4n) is 1.81. The number of aryl methyl sites for hydroxylation is 2. The molecule has 7 nitrogen and oxygen atoms in total. The maximum absolute atomic E-state index is 12.4. The van der Waals surface area contributed by atoms with Crippen LogP contribution in [0.25, 0.3) is 0 Å². The number of hydrogen-bond donors (Lipinski definition) is 2. The van der Waals surface area contributed by atoms with E-state index >= 15 is 0 Å². The number of nitrogens with one attached hydrogen (secondary N) is 1. The molecule has 0 aliphatic heterocycles. The van der Waals surface area contributed by atoms with Crippen LogP contribution in [-0.2, 0) is 17.1 Å². The average molecular weight is 296 g/mol. The predicted molar refractivity (Wildman–Crippen MR) is 76.2 cm³/mol. The number of ether oxygens (including phenoxy) is 1. The van der Waals surface area contributed by atoms with Crippen molar-refractivity contribution in [2.24, 2.45) is 7.05 Å². The molecule has 20 heavy (non-hydrogen) atoms. The number of aromatic nitrogens is 2. The van der Waals surface area contributed by atoms with Crippen molar-refractivity contribution in [3.8, 4) is 5.75 Å². The summed E-state index contributed by atoms with van der Waals surface area (Å²) in [5.74, 6) is 0.194. The highest BCUT2D eigenvalue weighted by Gasteiger charge is 2.21. The molecule has 3 N–H and O–H groups in total. The van der Waals surface area contributed by atoms with Gasteiger partial charge in [-0.1, -0.05) is 0 Å². The molecule has 0 spiro atoms. The minimum Gasteiger partial charge on any atom is -0.495 e. The second-order valence-electron chi connectivity index (χ2n) is 4.32. The van der Waals surface area contributed by atoms with E-state index in [2.05, 4.69) is 9.82 Å². The second-order valence-corrected chi connectivity index (χ2v) is 5.97. The third kappa shape index (κ3) is 2.69. The molecule has 1 aromatic carbocycles. The molecule has 2 aromatic rings. The predicted octanol–water partition coefficient (Wildman–Crippen LogP) is 1.12. The Balaban J connectivity index is 2.43. The minimum atomic E-state index is -3.77. The molecule has 108 valence electrons. The molecule has 0 radical (unpaired) electrons. The lowest BCUT2D eigenvalue weighted by atomic mass is 10.3. The van der Waals surface area contributed by atoms with Crippen LogP contribution in [0.15, 0.2) is 29.3 Å².